The average Bonchev–Trinajstić information content (AvgIpc) is 2.39. The van der Waals surface area contributed by atoms with Crippen molar-refractivity contribution in [2.75, 3.05) is 13.2 Å². The van der Waals surface area contributed by atoms with Gasteiger partial charge in [0, 0.05) is 18.0 Å². The van der Waals surface area contributed by atoms with E-state index in [1.54, 1.807) is 0 Å². The molecule has 3 nitrogen and oxygen atoms in total. The van der Waals surface area contributed by atoms with Gasteiger partial charge >= 0.3 is 0 Å². The van der Waals surface area contributed by atoms with Crippen molar-refractivity contribution in [2.45, 2.75) is 45.3 Å². The number of halogens is 1. The number of ether oxygens (including phenoxy) is 1. The molecule has 1 atom stereocenters. The van der Waals surface area contributed by atoms with E-state index in [1.807, 2.05) is 36.1 Å². The van der Waals surface area contributed by atoms with Crippen molar-refractivity contribution in [3.05, 3.63) is 34.9 Å². The van der Waals surface area contributed by atoms with Crippen molar-refractivity contribution in [3.63, 3.8) is 0 Å². The van der Waals surface area contributed by atoms with Crippen molar-refractivity contribution in [1.82, 2.24) is 4.90 Å². The molecule has 1 saturated heterocycles. The molecule has 1 aliphatic heterocycles. The molecule has 0 aromatic heterocycles. The Morgan fingerprint density at radius 3 is 2.95 bits per heavy atom. The lowest BCUT2D eigenvalue weighted by Gasteiger charge is -2.44. The van der Waals surface area contributed by atoms with Crippen molar-refractivity contribution < 1.29 is 9.53 Å². The summed E-state index contributed by atoms with van der Waals surface area (Å²) in [5, 5.41) is 0.718. The fourth-order valence-corrected chi connectivity index (χ4v) is 2.71. The van der Waals surface area contributed by atoms with Crippen molar-refractivity contribution in [2.24, 2.45) is 0 Å². The van der Waals surface area contributed by atoms with Gasteiger partial charge in [0.25, 0.3) is 0 Å². The van der Waals surface area contributed by atoms with Gasteiger partial charge in [0.1, 0.15) is 0 Å². The molecular formula is C16H22ClNO2. The van der Waals surface area contributed by atoms with Gasteiger partial charge < -0.3 is 9.64 Å². The minimum absolute atomic E-state index is 0.109. The number of hydrogen-bond donors (Lipinski definition) is 0. The van der Waals surface area contributed by atoms with Gasteiger partial charge in [-0.25, -0.2) is 0 Å². The van der Waals surface area contributed by atoms with Gasteiger partial charge in [-0.2, -0.15) is 0 Å². The van der Waals surface area contributed by atoms with Gasteiger partial charge in [-0.3, -0.25) is 4.79 Å². The lowest BCUT2D eigenvalue weighted by molar-refractivity contribution is -0.152. The van der Waals surface area contributed by atoms with Crippen molar-refractivity contribution in [1.29, 1.82) is 0 Å². The highest BCUT2D eigenvalue weighted by Crippen LogP contribution is 2.23. The third-order valence-corrected chi connectivity index (χ3v) is 3.94. The molecule has 20 heavy (non-hydrogen) atoms. The van der Waals surface area contributed by atoms with Crippen LogP contribution >= 0.6 is 11.6 Å². The largest absolute Gasteiger partial charge is 0.374 e. The maximum atomic E-state index is 12.5. The Labute approximate surface area is 125 Å². The molecule has 0 bridgehead atoms. The molecule has 1 unspecified atom stereocenters. The fraction of sp³-hybridized carbons (Fsp3) is 0.562. The van der Waals surface area contributed by atoms with Crippen LogP contribution in [-0.4, -0.2) is 35.6 Å². The first kappa shape index (κ1) is 15.3. The number of amides is 1. The Hall–Kier alpha value is -1.06. The SMILES string of the molecule is CC1CN(C(=O)CCc2cccc(Cl)c2)C(C)(C)CO1. The normalized spacial score (nSPS) is 21.8. The molecule has 0 spiro atoms. The standard InChI is InChI=1S/C16H22ClNO2/c1-12-10-18(16(2,3)11-20-12)15(19)8-7-13-5-4-6-14(17)9-13/h4-6,9,12H,7-8,10-11H2,1-3H3. The summed E-state index contributed by atoms with van der Waals surface area (Å²) in [6.07, 6.45) is 1.34. The van der Waals surface area contributed by atoms with E-state index in [4.69, 9.17) is 16.3 Å². The van der Waals surface area contributed by atoms with Gasteiger partial charge in [-0.1, -0.05) is 23.7 Å². The van der Waals surface area contributed by atoms with Crippen LogP contribution in [0.1, 0.15) is 32.8 Å². The van der Waals surface area contributed by atoms with Crippen LogP contribution in [0, 0.1) is 0 Å². The van der Waals surface area contributed by atoms with Crippen molar-refractivity contribution in [3.8, 4) is 0 Å². The van der Waals surface area contributed by atoms with Gasteiger partial charge in [-0.05, 0) is 44.9 Å². The fourth-order valence-electron chi connectivity index (χ4n) is 2.50. The van der Waals surface area contributed by atoms with E-state index in [2.05, 4.69) is 13.8 Å². The molecule has 0 radical (unpaired) electrons. The summed E-state index contributed by atoms with van der Waals surface area (Å²) >= 11 is 5.96. The number of carbonyl (C=O) groups excluding carboxylic acids is 1. The highest BCUT2D eigenvalue weighted by molar-refractivity contribution is 6.30. The Kier molecular flexibility index (Phi) is 4.71. The Balaban J connectivity index is 1.97. The van der Waals surface area contributed by atoms with Crippen LogP contribution in [0.5, 0.6) is 0 Å². The quantitative estimate of drug-likeness (QED) is 0.856. The summed E-state index contributed by atoms with van der Waals surface area (Å²) in [5.74, 6) is 0.185. The number of benzene rings is 1. The second-order valence-corrected chi connectivity index (χ2v) is 6.50. The first-order chi connectivity index (χ1) is 9.38. The molecular weight excluding hydrogens is 274 g/mol. The molecule has 1 heterocycles. The lowest BCUT2D eigenvalue weighted by atomic mass is 9.99. The van der Waals surface area contributed by atoms with Crippen molar-refractivity contribution >= 4 is 17.5 Å². The first-order valence-corrected chi connectivity index (χ1v) is 7.43. The molecule has 1 aromatic rings. The van der Waals surface area contributed by atoms with E-state index in [-0.39, 0.29) is 17.6 Å². The third kappa shape index (κ3) is 3.74. The topological polar surface area (TPSA) is 29.5 Å². The van der Waals surface area contributed by atoms with E-state index in [0.717, 1.165) is 17.0 Å². The molecule has 4 heteroatoms. The van der Waals surface area contributed by atoms with Crippen LogP contribution in [0.4, 0.5) is 0 Å². The van der Waals surface area contributed by atoms with E-state index in [1.165, 1.54) is 0 Å². The molecule has 1 aliphatic rings. The van der Waals surface area contributed by atoms with Gasteiger partial charge in [0.05, 0.1) is 18.2 Å². The Morgan fingerprint density at radius 2 is 2.25 bits per heavy atom. The smallest absolute Gasteiger partial charge is 0.223 e. The highest BCUT2D eigenvalue weighted by atomic mass is 35.5. The first-order valence-electron chi connectivity index (χ1n) is 7.05. The lowest BCUT2D eigenvalue weighted by Crippen LogP contribution is -2.57. The van der Waals surface area contributed by atoms with Gasteiger partial charge in [0.15, 0.2) is 0 Å². The van der Waals surface area contributed by atoms with E-state index in [0.29, 0.717) is 19.6 Å². The average molecular weight is 296 g/mol. The molecule has 0 N–H and O–H groups in total. The van der Waals surface area contributed by atoms with Crippen LogP contribution in [0.15, 0.2) is 24.3 Å². The third-order valence-electron chi connectivity index (χ3n) is 3.71. The minimum atomic E-state index is -0.224. The number of nitrogens with zero attached hydrogens (tertiary/aromatic N) is 1. The second-order valence-electron chi connectivity index (χ2n) is 6.07. The van der Waals surface area contributed by atoms with Gasteiger partial charge in [-0.15, -0.1) is 0 Å². The predicted octanol–water partition coefficient (Wildman–Crippen LogP) is 3.30. The summed E-state index contributed by atoms with van der Waals surface area (Å²) in [5.41, 5.74) is 0.878. The molecule has 1 fully saturated rings. The number of morpholine rings is 1. The summed E-state index contributed by atoms with van der Waals surface area (Å²) in [6.45, 7) is 7.37. The van der Waals surface area contributed by atoms with E-state index in [9.17, 15) is 4.79 Å². The van der Waals surface area contributed by atoms with Gasteiger partial charge in [0.2, 0.25) is 5.91 Å². The molecule has 1 amide bonds. The monoisotopic (exact) mass is 295 g/mol. The van der Waals surface area contributed by atoms with Crippen LogP contribution in [0.2, 0.25) is 5.02 Å². The number of aryl methyl sites for hydroxylation is 1. The highest BCUT2D eigenvalue weighted by Gasteiger charge is 2.36. The zero-order valence-electron chi connectivity index (χ0n) is 12.4. The van der Waals surface area contributed by atoms with E-state index >= 15 is 0 Å². The summed E-state index contributed by atoms with van der Waals surface area (Å²) < 4.78 is 5.64. The minimum Gasteiger partial charge on any atom is -0.374 e. The van der Waals surface area contributed by atoms with E-state index < -0.39 is 0 Å². The second kappa shape index (κ2) is 6.15. The molecule has 2 rings (SSSR count). The Bertz CT molecular complexity index is 487. The number of hydrogen-bond acceptors (Lipinski definition) is 2. The zero-order chi connectivity index (χ0) is 14.8. The molecule has 1 aromatic carbocycles. The Morgan fingerprint density at radius 1 is 1.50 bits per heavy atom. The molecule has 0 aliphatic carbocycles. The summed E-state index contributed by atoms with van der Waals surface area (Å²) in [4.78, 5) is 14.4. The van der Waals surface area contributed by atoms with Crippen LogP contribution in [0.3, 0.4) is 0 Å². The maximum Gasteiger partial charge on any atom is 0.223 e. The number of carbonyl (C=O) groups is 1. The van der Waals surface area contributed by atoms with Crippen LogP contribution in [-0.2, 0) is 16.0 Å². The van der Waals surface area contributed by atoms with Crippen LogP contribution in [0.25, 0.3) is 0 Å². The molecule has 110 valence electrons. The number of rotatable bonds is 3. The van der Waals surface area contributed by atoms with Crippen LogP contribution < -0.4 is 0 Å². The summed E-state index contributed by atoms with van der Waals surface area (Å²) in [6, 6.07) is 7.69. The predicted molar refractivity (Wildman–Crippen MR) is 81.0 cm³/mol. The zero-order valence-corrected chi connectivity index (χ0v) is 13.1. The summed E-state index contributed by atoms with van der Waals surface area (Å²) in [7, 11) is 0. The molecule has 0 saturated carbocycles. The maximum absolute atomic E-state index is 12.5.